The highest BCUT2D eigenvalue weighted by atomic mass is 32.2. The van der Waals surface area contributed by atoms with E-state index in [1.807, 2.05) is 11.8 Å². The van der Waals surface area contributed by atoms with Crippen LogP contribution < -0.4 is 5.32 Å². The molecule has 2 N–H and O–H groups in total. The standard InChI is InChI=1S/C12H13F2NO2S/c13-9-3-8(12(16)17)4-10(14)11(9)15-5-7-1-2-18-6-7/h3-4,7,15H,1-2,5-6H2,(H,16,17). The molecule has 1 aromatic carbocycles. The minimum atomic E-state index is -1.34. The predicted octanol–water partition coefficient (Wildman–Crippen LogP) is 2.83. The number of hydrogen-bond donors (Lipinski definition) is 2. The molecule has 1 aliphatic rings. The number of nitrogens with one attached hydrogen (secondary N) is 1. The van der Waals surface area contributed by atoms with Gasteiger partial charge in [0.25, 0.3) is 0 Å². The summed E-state index contributed by atoms with van der Waals surface area (Å²) in [4.78, 5) is 10.6. The molecule has 0 amide bonds. The Hall–Kier alpha value is -1.30. The van der Waals surface area contributed by atoms with Crippen molar-refractivity contribution < 1.29 is 18.7 Å². The Bertz CT molecular complexity index is 438. The van der Waals surface area contributed by atoms with E-state index in [4.69, 9.17) is 5.11 Å². The molecule has 2 rings (SSSR count). The Balaban J connectivity index is 2.10. The van der Waals surface area contributed by atoms with Gasteiger partial charge in [-0.2, -0.15) is 11.8 Å². The third-order valence-corrected chi connectivity index (χ3v) is 4.11. The SMILES string of the molecule is O=C(O)c1cc(F)c(NCC2CCSC2)c(F)c1. The van der Waals surface area contributed by atoms with Crippen molar-refractivity contribution in [3.8, 4) is 0 Å². The van der Waals surface area contributed by atoms with Crippen LogP contribution in [-0.4, -0.2) is 29.1 Å². The summed E-state index contributed by atoms with van der Waals surface area (Å²) in [5, 5.41) is 11.4. The second-order valence-electron chi connectivity index (χ2n) is 4.23. The fourth-order valence-electron chi connectivity index (χ4n) is 1.86. The molecule has 1 aliphatic heterocycles. The number of carbonyl (C=O) groups is 1. The lowest BCUT2D eigenvalue weighted by molar-refractivity contribution is 0.0696. The Morgan fingerprint density at radius 1 is 1.44 bits per heavy atom. The zero-order chi connectivity index (χ0) is 13.1. The molecule has 1 saturated heterocycles. The van der Waals surface area contributed by atoms with E-state index in [0.29, 0.717) is 12.5 Å². The first-order valence-electron chi connectivity index (χ1n) is 5.62. The van der Waals surface area contributed by atoms with E-state index in [2.05, 4.69) is 5.32 Å². The van der Waals surface area contributed by atoms with Gasteiger partial charge in [-0.15, -0.1) is 0 Å². The van der Waals surface area contributed by atoms with Crippen LogP contribution in [0.1, 0.15) is 16.8 Å². The van der Waals surface area contributed by atoms with Crippen molar-refractivity contribution in [2.24, 2.45) is 5.92 Å². The van der Waals surface area contributed by atoms with Gasteiger partial charge in [0, 0.05) is 6.54 Å². The average molecular weight is 273 g/mol. The number of hydrogen-bond acceptors (Lipinski definition) is 3. The highest BCUT2D eigenvalue weighted by molar-refractivity contribution is 7.99. The van der Waals surface area contributed by atoms with Crippen LogP contribution in [0.3, 0.4) is 0 Å². The fraction of sp³-hybridized carbons (Fsp3) is 0.417. The summed E-state index contributed by atoms with van der Waals surface area (Å²) < 4.78 is 27.1. The van der Waals surface area contributed by atoms with E-state index in [1.54, 1.807) is 0 Å². The Labute approximate surface area is 108 Å². The summed E-state index contributed by atoms with van der Waals surface area (Å²) >= 11 is 1.83. The maximum atomic E-state index is 13.6. The molecule has 1 atom stereocenters. The Morgan fingerprint density at radius 2 is 2.11 bits per heavy atom. The van der Waals surface area contributed by atoms with Crippen LogP contribution >= 0.6 is 11.8 Å². The van der Waals surface area contributed by atoms with Crippen molar-refractivity contribution in [2.45, 2.75) is 6.42 Å². The molecule has 1 fully saturated rings. The first-order chi connectivity index (χ1) is 8.58. The summed E-state index contributed by atoms with van der Waals surface area (Å²) in [6.07, 6.45) is 1.04. The van der Waals surface area contributed by atoms with Crippen molar-refractivity contribution in [3.63, 3.8) is 0 Å². The zero-order valence-electron chi connectivity index (χ0n) is 9.58. The van der Waals surface area contributed by atoms with Gasteiger partial charge >= 0.3 is 5.97 Å². The van der Waals surface area contributed by atoms with Crippen LogP contribution in [0.25, 0.3) is 0 Å². The van der Waals surface area contributed by atoms with Gasteiger partial charge in [0.2, 0.25) is 0 Å². The van der Waals surface area contributed by atoms with Gasteiger partial charge in [0.1, 0.15) is 17.3 Å². The monoisotopic (exact) mass is 273 g/mol. The normalized spacial score (nSPS) is 18.9. The molecular weight excluding hydrogens is 260 g/mol. The van der Waals surface area contributed by atoms with Gasteiger partial charge in [-0.1, -0.05) is 0 Å². The largest absolute Gasteiger partial charge is 0.478 e. The molecule has 0 spiro atoms. The summed E-state index contributed by atoms with van der Waals surface area (Å²) in [6, 6.07) is 1.66. The molecule has 0 bridgehead atoms. The van der Waals surface area contributed by atoms with Crippen LogP contribution in [-0.2, 0) is 0 Å². The van der Waals surface area contributed by atoms with Crippen molar-refractivity contribution in [3.05, 3.63) is 29.3 Å². The van der Waals surface area contributed by atoms with E-state index < -0.39 is 17.6 Å². The van der Waals surface area contributed by atoms with E-state index in [0.717, 1.165) is 30.1 Å². The van der Waals surface area contributed by atoms with E-state index in [9.17, 15) is 13.6 Å². The lowest BCUT2D eigenvalue weighted by Crippen LogP contribution is -2.15. The Morgan fingerprint density at radius 3 is 2.61 bits per heavy atom. The topological polar surface area (TPSA) is 49.3 Å². The van der Waals surface area contributed by atoms with Crippen LogP contribution in [0.2, 0.25) is 0 Å². The number of aromatic carboxylic acids is 1. The highest BCUT2D eigenvalue weighted by Crippen LogP contribution is 2.26. The van der Waals surface area contributed by atoms with Gasteiger partial charge in [-0.3, -0.25) is 0 Å². The molecule has 0 radical (unpaired) electrons. The minimum Gasteiger partial charge on any atom is -0.478 e. The summed E-state index contributed by atoms with van der Waals surface area (Å²) in [7, 11) is 0. The lowest BCUT2D eigenvalue weighted by Gasteiger charge is -2.13. The summed E-state index contributed by atoms with van der Waals surface area (Å²) in [5.74, 6) is -0.589. The Kier molecular flexibility index (Phi) is 4.06. The summed E-state index contributed by atoms with van der Waals surface area (Å²) in [6.45, 7) is 0.507. The number of halogens is 2. The smallest absolute Gasteiger partial charge is 0.335 e. The molecule has 6 heteroatoms. The maximum absolute atomic E-state index is 13.6. The third-order valence-electron chi connectivity index (χ3n) is 2.88. The third kappa shape index (κ3) is 2.93. The number of carboxylic acids is 1. The predicted molar refractivity (Wildman–Crippen MR) is 67.2 cm³/mol. The number of rotatable bonds is 4. The van der Waals surface area contributed by atoms with Crippen LogP contribution in [0.4, 0.5) is 14.5 Å². The molecule has 0 aromatic heterocycles. The zero-order valence-corrected chi connectivity index (χ0v) is 10.4. The molecule has 1 unspecified atom stereocenters. The minimum absolute atomic E-state index is 0.239. The molecule has 1 aromatic rings. The van der Waals surface area contributed by atoms with Gasteiger partial charge in [0.15, 0.2) is 0 Å². The van der Waals surface area contributed by atoms with Crippen LogP contribution in [0.15, 0.2) is 12.1 Å². The van der Waals surface area contributed by atoms with Gasteiger partial charge in [0.05, 0.1) is 5.56 Å². The molecule has 0 aliphatic carbocycles. The van der Waals surface area contributed by atoms with Crippen molar-refractivity contribution >= 4 is 23.4 Å². The molecule has 3 nitrogen and oxygen atoms in total. The number of benzene rings is 1. The van der Waals surface area contributed by atoms with E-state index in [-0.39, 0.29) is 11.3 Å². The van der Waals surface area contributed by atoms with E-state index in [1.165, 1.54) is 0 Å². The number of carboxylic acid groups (broad SMARTS) is 1. The second kappa shape index (κ2) is 5.56. The van der Waals surface area contributed by atoms with Crippen molar-refractivity contribution in [1.82, 2.24) is 0 Å². The average Bonchev–Trinajstić information content (AvgIpc) is 2.80. The van der Waals surface area contributed by atoms with Gasteiger partial charge < -0.3 is 10.4 Å². The number of anilines is 1. The van der Waals surface area contributed by atoms with Crippen LogP contribution in [0, 0.1) is 17.6 Å². The molecule has 0 saturated carbocycles. The fourth-order valence-corrected chi connectivity index (χ4v) is 3.14. The molecule has 98 valence electrons. The van der Waals surface area contributed by atoms with E-state index >= 15 is 0 Å². The first-order valence-corrected chi connectivity index (χ1v) is 6.77. The molecule has 1 heterocycles. The molecular formula is C12H13F2NO2S. The highest BCUT2D eigenvalue weighted by Gasteiger charge is 2.18. The quantitative estimate of drug-likeness (QED) is 0.885. The van der Waals surface area contributed by atoms with Crippen LogP contribution in [0.5, 0.6) is 0 Å². The lowest BCUT2D eigenvalue weighted by atomic mass is 10.1. The number of thioether (sulfide) groups is 1. The van der Waals surface area contributed by atoms with Crippen molar-refractivity contribution in [2.75, 3.05) is 23.4 Å². The van der Waals surface area contributed by atoms with Crippen molar-refractivity contribution in [1.29, 1.82) is 0 Å². The van der Waals surface area contributed by atoms with Gasteiger partial charge in [-0.05, 0) is 36.0 Å². The maximum Gasteiger partial charge on any atom is 0.335 e. The first kappa shape index (κ1) is 13.1. The molecule has 18 heavy (non-hydrogen) atoms. The van der Waals surface area contributed by atoms with Gasteiger partial charge in [-0.25, -0.2) is 13.6 Å². The summed E-state index contributed by atoms with van der Waals surface area (Å²) in [5.41, 5.74) is -0.621. The second-order valence-corrected chi connectivity index (χ2v) is 5.38.